The second kappa shape index (κ2) is 9.12. The van der Waals surface area contributed by atoms with E-state index in [1.807, 2.05) is 12.1 Å². The van der Waals surface area contributed by atoms with Gasteiger partial charge in [0.2, 0.25) is 5.16 Å². The van der Waals surface area contributed by atoms with Crippen molar-refractivity contribution in [2.24, 2.45) is 0 Å². The summed E-state index contributed by atoms with van der Waals surface area (Å²) in [5.41, 5.74) is 0.261. The quantitative estimate of drug-likeness (QED) is 0.223. The minimum atomic E-state index is -1.19. The molecule has 0 unspecified atom stereocenters. The SMILES string of the molecule is Cc1nc(S/C(=C/c2cc([N+](=O)[O-])ccc2Sc2ccc(Cl)cc2)C(=O)O)n[nH]1. The van der Waals surface area contributed by atoms with Gasteiger partial charge in [-0.1, -0.05) is 23.4 Å². The van der Waals surface area contributed by atoms with Crippen LogP contribution in [0.5, 0.6) is 0 Å². The van der Waals surface area contributed by atoms with Crippen molar-refractivity contribution in [1.29, 1.82) is 0 Å². The van der Waals surface area contributed by atoms with Gasteiger partial charge in [-0.05, 0) is 60.7 Å². The second-order valence-electron chi connectivity index (χ2n) is 5.65. The molecule has 0 saturated carbocycles. The van der Waals surface area contributed by atoms with E-state index in [1.165, 1.54) is 30.0 Å². The number of rotatable bonds is 7. The summed E-state index contributed by atoms with van der Waals surface area (Å²) >= 11 is 8.11. The van der Waals surface area contributed by atoms with Gasteiger partial charge in [-0.15, -0.1) is 5.10 Å². The molecule has 0 fully saturated rings. The van der Waals surface area contributed by atoms with Crippen LogP contribution >= 0.6 is 35.1 Å². The first-order chi connectivity index (χ1) is 13.8. The molecule has 8 nitrogen and oxygen atoms in total. The third kappa shape index (κ3) is 5.59. The second-order valence-corrected chi connectivity index (χ2v) is 8.22. The molecule has 3 rings (SSSR count). The Hall–Kier alpha value is -2.82. The van der Waals surface area contributed by atoms with Gasteiger partial charge in [-0.25, -0.2) is 9.78 Å². The van der Waals surface area contributed by atoms with Crippen molar-refractivity contribution in [3.05, 3.63) is 73.9 Å². The number of H-pyrrole nitrogens is 1. The van der Waals surface area contributed by atoms with Gasteiger partial charge in [-0.3, -0.25) is 15.2 Å². The van der Waals surface area contributed by atoms with E-state index in [1.54, 1.807) is 25.1 Å². The number of aliphatic carboxylic acids is 1. The van der Waals surface area contributed by atoms with Crippen molar-refractivity contribution < 1.29 is 14.8 Å². The maximum absolute atomic E-state index is 11.7. The van der Waals surface area contributed by atoms with Crippen molar-refractivity contribution in [3.63, 3.8) is 0 Å². The first kappa shape index (κ1) is 20.9. The predicted octanol–water partition coefficient (Wildman–Crippen LogP) is 5.04. The molecule has 0 aliphatic rings. The first-order valence-corrected chi connectivity index (χ1v) is 10.1. The minimum absolute atomic E-state index is 0.0672. The Morgan fingerprint density at radius 2 is 2.00 bits per heavy atom. The molecule has 0 bridgehead atoms. The van der Waals surface area contributed by atoms with Gasteiger partial charge < -0.3 is 5.11 Å². The van der Waals surface area contributed by atoms with Gasteiger partial charge in [0.1, 0.15) is 10.7 Å². The molecule has 0 aliphatic heterocycles. The number of nitro benzene ring substituents is 1. The average molecular weight is 449 g/mol. The monoisotopic (exact) mass is 448 g/mol. The fourth-order valence-corrected chi connectivity index (χ4v) is 3.99. The van der Waals surface area contributed by atoms with Gasteiger partial charge in [0, 0.05) is 26.9 Å². The number of nitrogens with one attached hydrogen (secondary N) is 1. The summed E-state index contributed by atoms with van der Waals surface area (Å²) in [6.45, 7) is 1.70. The summed E-state index contributed by atoms with van der Waals surface area (Å²) in [5, 5.41) is 28.2. The van der Waals surface area contributed by atoms with E-state index in [2.05, 4.69) is 15.2 Å². The molecule has 0 amide bonds. The van der Waals surface area contributed by atoms with Gasteiger partial charge in [0.25, 0.3) is 5.69 Å². The van der Waals surface area contributed by atoms with Crippen LogP contribution in [0.15, 0.2) is 62.3 Å². The molecule has 0 radical (unpaired) electrons. The Labute approximate surface area is 178 Å². The minimum Gasteiger partial charge on any atom is -0.477 e. The highest BCUT2D eigenvalue weighted by Gasteiger charge is 2.17. The lowest BCUT2D eigenvalue weighted by Crippen LogP contribution is -1.98. The largest absolute Gasteiger partial charge is 0.477 e. The van der Waals surface area contributed by atoms with Crippen LogP contribution in [0.25, 0.3) is 6.08 Å². The zero-order valence-corrected chi connectivity index (χ0v) is 17.2. The first-order valence-electron chi connectivity index (χ1n) is 8.05. The molecule has 1 heterocycles. The number of nitrogens with zero attached hydrogens (tertiary/aromatic N) is 3. The van der Waals surface area contributed by atoms with E-state index in [9.17, 15) is 20.0 Å². The van der Waals surface area contributed by atoms with E-state index >= 15 is 0 Å². The molecule has 3 aromatic rings. The molecule has 2 N–H and O–H groups in total. The Morgan fingerprint density at radius 3 is 2.59 bits per heavy atom. The number of aromatic amines is 1. The van der Waals surface area contributed by atoms with Crippen LogP contribution in [0.4, 0.5) is 5.69 Å². The molecule has 2 aromatic carbocycles. The molecule has 0 aliphatic carbocycles. The number of halogens is 1. The highest BCUT2D eigenvalue weighted by molar-refractivity contribution is 8.04. The fraction of sp³-hybridized carbons (Fsp3) is 0.0556. The Bertz CT molecular complexity index is 1100. The molecule has 0 saturated heterocycles. The Kier molecular flexibility index (Phi) is 6.57. The third-order valence-electron chi connectivity index (χ3n) is 3.52. The Morgan fingerprint density at radius 1 is 1.28 bits per heavy atom. The summed E-state index contributed by atoms with van der Waals surface area (Å²) in [5.74, 6) is -0.641. The number of carboxylic acids is 1. The number of non-ortho nitro benzene ring substituents is 1. The highest BCUT2D eigenvalue weighted by Crippen LogP contribution is 2.36. The molecule has 29 heavy (non-hydrogen) atoms. The summed E-state index contributed by atoms with van der Waals surface area (Å²) in [6.07, 6.45) is 1.38. The maximum atomic E-state index is 11.7. The lowest BCUT2D eigenvalue weighted by atomic mass is 10.2. The number of hydrogen-bond donors (Lipinski definition) is 2. The van der Waals surface area contributed by atoms with Gasteiger partial charge >= 0.3 is 5.97 Å². The van der Waals surface area contributed by atoms with E-state index in [-0.39, 0.29) is 15.7 Å². The molecule has 1 aromatic heterocycles. The molecular weight excluding hydrogens is 436 g/mol. The van der Waals surface area contributed by atoms with Crippen LogP contribution in [-0.4, -0.2) is 31.2 Å². The lowest BCUT2D eigenvalue weighted by Gasteiger charge is -2.08. The van der Waals surface area contributed by atoms with Crippen molar-refractivity contribution in [1.82, 2.24) is 15.2 Å². The van der Waals surface area contributed by atoms with Gasteiger partial charge in [0.05, 0.1) is 4.92 Å². The lowest BCUT2D eigenvalue weighted by molar-refractivity contribution is -0.384. The zero-order valence-electron chi connectivity index (χ0n) is 14.8. The highest BCUT2D eigenvalue weighted by atomic mass is 35.5. The predicted molar refractivity (Wildman–Crippen MR) is 111 cm³/mol. The van der Waals surface area contributed by atoms with Crippen LogP contribution in [0.1, 0.15) is 11.4 Å². The standard InChI is InChI=1S/C18H13ClN4O4S2/c1-10-20-18(22-21-10)29-16(17(24)25)9-11-8-13(23(26)27)4-7-15(11)28-14-5-2-12(19)3-6-14/h2-9H,1H3,(H,24,25)(H,20,21,22)/b16-9+. The fourth-order valence-electron chi connectivity index (χ4n) is 2.23. The van der Waals surface area contributed by atoms with Crippen molar-refractivity contribution in [2.45, 2.75) is 21.9 Å². The number of benzene rings is 2. The number of carbonyl (C=O) groups is 1. The number of hydrogen-bond acceptors (Lipinski definition) is 7. The molecule has 11 heteroatoms. The molecule has 0 atom stereocenters. The number of aromatic nitrogens is 3. The van der Waals surface area contributed by atoms with Gasteiger partial charge in [-0.2, -0.15) is 0 Å². The maximum Gasteiger partial charge on any atom is 0.342 e. The number of thioether (sulfide) groups is 1. The number of carboxylic acid groups (broad SMARTS) is 1. The molecular formula is C18H13ClN4O4S2. The topological polar surface area (TPSA) is 122 Å². The van der Waals surface area contributed by atoms with E-state index < -0.39 is 10.9 Å². The van der Waals surface area contributed by atoms with E-state index in [0.29, 0.717) is 21.3 Å². The van der Waals surface area contributed by atoms with Crippen LogP contribution < -0.4 is 0 Å². The van der Waals surface area contributed by atoms with Crippen molar-refractivity contribution >= 4 is 52.9 Å². The van der Waals surface area contributed by atoms with Crippen molar-refractivity contribution in [3.8, 4) is 0 Å². The smallest absolute Gasteiger partial charge is 0.342 e. The Balaban J connectivity index is 2.01. The van der Waals surface area contributed by atoms with Gasteiger partial charge in [0.15, 0.2) is 0 Å². The third-order valence-corrected chi connectivity index (χ3v) is 5.75. The van der Waals surface area contributed by atoms with Crippen LogP contribution in [0, 0.1) is 17.0 Å². The van der Waals surface area contributed by atoms with Crippen LogP contribution in [0.2, 0.25) is 5.02 Å². The molecule has 0 spiro atoms. The zero-order chi connectivity index (χ0) is 21.0. The number of nitro groups is 1. The average Bonchev–Trinajstić information content (AvgIpc) is 3.08. The number of aryl methyl sites for hydroxylation is 1. The van der Waals surface area contributed by atoms with E-state index in [4.69, 9.17) is 11.6 Å². The summed E-state index contributed by atoms with van der Waals surface area (Å²) < 4.78 is 0. The normalized spacial score (nSPS) is 11.4. The molecule has 148 valence electrons. The summed E-state index contributed by atoms with van der Waals surface area (Å²) in [7, 11) is 0. The summed E-state index contributed by atoms with van der Waals surface area (Å²) in [6, 6.07) is 11.4. The van der Waals surface area contributed by atoms with E-state index in [0.717, 1.165) is 16.7 Å². The summed E-state index contributed by atoms with van der Waals surface area (Å²) in [4.78, 5) is 27.9. The van der Waals surface area contributed by atoms with Crippen molar-refractivity contribution in [2.75, 3.05) is 0 Å². The van der Waals surface area contributed by atoms with Crippen LogP contribution in [0.3, 0.4) is 0 Å². The van der Waals surface area contributed by atoms with Crippen LogP contribution in [-0.2, 0) is 4.79 Å².